The first-order valence-electron chi connectivity index (χ1n) is 8.86. The minimum absolute atomic E-state index is 0.280. The molecule has 2 heterocycles. The molecule has 0 bridgehead atoms. The van der Waals surface area contributed by atoms with Gasteiger partial charge >= 0.3 is 0 Å². The van der Waals surface area contributed by atoms with Crippen LogP contribution in [0.3, 0.4) is 0 Å². The Morgan fingerprint density at radius 3 is 2.73 bits per heavy atom. The van der Waals surface area contributed by atoms with Crippen LogP contribution in [0.15, 0.2) is 48.5 Å². The predicted molar refractivity (Wildman–Crippen MR) is 96.5 cm³/mol. The monoisotopic (exact) mass is 354 g/mol. The molecule has 6 heteroatoms. The molecule has 1 amide bonds. The summed E-state index contributed by atoms with van der Waals surface area (Å²) >= 11 is 0. The summed E-state index contributed by atoms with van der Waals surface area (Å²) in [7, 11) is 0. The number of amides is 1. The third kappa shape index (κ3) is 2.91. The van der Waals surface area contributed by atoms with Crippen molar-refractivity contribution in [3.05, 3.63) is 59.7 Å². The van der Waals surface area contributed by atoms with Crippen molar-refractivity contribution in [2.75, 3.05) is 26.3 Å². The van der Waals surface area contributed by atoms with E-state index >= 15 is 0 Å². The molecule has 4 rings (SSSR count). The minimum atomic E-state index is -0.845. The molecule has 0 aliphatic carbocycles. The zero-order valence-corrected chi connectivity index (χ0v) is 14.4. The molecule has 1 fully saturated rings. The highest BCUT2D eigenvalue weighted by molar-refractivity contribution is 5.98. The lowest BCUT2D eigenvalue weighted by Crippen LogP contribution is -2.61. The number of piperidine rings is 1. The van der Waals surface area contributed by atoms with Gasteiger partial charge in [-0.15, -0.1) is 0 Å². The van der Waals surface area contributed by atoms with E-state index in [0.29, 0.717) is 49.8 Å². The van der Waals surface area contributed by atoms with Crippen molar-refractivity contribution in [1.29, 1.82) is 0 Å². The highest BCUT2D eigenvalue weighted by Crippen LogP contribution is 2.36. The molecule has 0 aromatic heterocycles. The van der Waals surface area contributed by atoms with Crippen LogP contribution in [-0.2, 0) is 5.54 Å². The Bertz CT molecular complexity index is 796. The number of nitrogens with one attached hydrogen (secondary N) is 2. The number of β-amino-alcohol motifs (C(OH)–C–C–N with tert-alkyl or cyclic N) is 1. The fraction of sp³-hybridized carbons (Fsp3) is 0.350. The first-order valence-corrected chi connectivity index (χ1v) is 8.86. The fourth-order valence-corrected chi connectivity index (χ4v) is 3.68. The second-order valence-corrected chi connectivity index (χ2v) is 6.59. The molecule has 2 aromatic rings. The molecule has 2 atom stereocenters. The number of hydrogen-bond donors (Lipinski definition) is 3. The number of hydrogen-bond acceptors (Lipinski definition) is 5. The quantitative estimate of drug-likeness (QED) is 0.777. The number of aliphatic hydroxyl groups excluding tert-OH is 1. The summed E-state index contributed by atoms with van der Waals surface area (Å²) in [6.07, 6.45) is -0.143. The summed E-state index contributed by atoms with van der Waals surface area (Å²) in [4.78, 5) is 13.1. The van der Waals surface area contributed by atoms with Crippen molar-refractivity contribution in [1.82, 2.24) is 10.6 Å². The van der Waals surface area contributed by atoms with Gasteiger partial charge in [-0.1, -0.05) is 36.4 Å². The molecule has 0 radical (unpaired) electrons. The molecule has 3 N–H and O–H groups in total. The van der Waals surface area contributed by atoms with E-state index in [2.05, 4.69) is 10.6 Å². The summed E-state index contributed by atoms with van der Waals surface area (Å²) in [6, 6.07) is 14.9. The van der Waals surface area contributed by atoms with Crippen molar-refractivity contribution < 1.29 is 19.4 Å². The van der Waals surface area contributed by atoms with E-state index in [4.69, 9.17) is 9.47 Å². The summed E-state index contributed by atoms with van der Waals surface area (Å²) in [5, 5.41) is 17.1. The maximum atomic E-state index is 13.1. The highest BCUT2D eigenvalue weighted by atomic mass is 16.6. The van der Waals surface area contributed by atoms with E-state index in [-0.39, 0.29) is 5.91 Å². The van der Waals surface area contributed by atoms with Crippen LogP contribution in [-0.4, -0.2) is 43.4 Å². The van der Waals surface area contributed by atoms with Crippen molar-refractivity contribution >= 4 is 5.91 Å². The maximum absolute atomic E-state index is 13.1. The lowest BCUT2D eigenvalue weighted by atomic mass is 9.79. The summed E-state index contributed by atoms with van der Waals surface area (Å²) < 4.78 is 11.2. The number of rotatable bonds is 3. The van der Waals surface area contributed by atoms with Gasteiger partial charge in [-0.05, 0) is 30.7 Å². The Balaban J connectivity index is 1.70. The molecular formula is C20H22N2O4. The topological polar surface area (TPSA) is 79.8 Å². The van der Waals surface area contributed by atoms with Crippen LogP contribution in [0.4, 0.5) is 0 Å². The molecule has 136 valence electrons. The van der Waals surface area contributed by atoms with Gasteiger partial charge in [-0.25, -0.2) is 0 Å². The lowest BCUT2D eigenvalue weighted by Gasteiger charge is -2.43. The van der Waals surface area contributed by atoms with Gasteiger partial charge in [-0.3, -0.25) is 4.79 Å². The average Bonchev–Trinajstić information content (AvgIpc) is 2.70. The second kappa shape index (κ2) is 6.97. The average molecular weight is 354 g/mol. The first kappa shape index (κ1) is 16.9. The molecule has 0 saturated carbocycles. The third-order valence-electron chi connectivity index (χ3n) is 5.04. The predicted octanol–water partition coefficient (Wildman–Crippen LogP) is 1.44. The van der Waals surface area contributed by atoms with Crippen LogP contribution in [0, 0.1) is 0 Å². The van der Waals surface area contributed by atoms with Crippen LogP contribution in [0.1, 0.15) is 22.3 Å². The van der Waals surface area contributed by atoms with E-state index in [9.17, 15) is 9.90 Å². The van der Waals surface area contributed by atoms with Gasteiger partial charge in [0, 0.05) is 6.54 Å². The van der Waals surface area contributed by atoms with Crippen molar-refractivity contribution in [2.24, 2.45) is 0 Å². The standard InChI is InChI=1S/C20H22N2O4/c23-17-13-21-10-9-20(17,14-5-2-1-3-6-14)22-19(24)15-7-4-8-16-18(15)26-12-11-25-16/h1-8,17,21,23H,9-13H2,(H,22,24)/t17-,20-/m1/s1. The van der Waals surface area contributed by atoms with Crippen molar-refractivity contribution in [2.45, 2.75) is 18.1 Å². The van der Waals surface area contributed by atoms with Crippen molar-refractivity contribution in [3.63, 3.8) is 0 Å². The lowest BCUT2D eigenvalue weighted by molar-refractivity contribution is 0.0287. The van der Waals surface area contributed by atoms with E-state index < -0.39 is 11.6 Å². The third-order valence-corrected chi connectivity index (χ3v) is 5.04. The Morgan fingerprint density at radius 2 is 1.92 bits per heavy atom. The molecular weight excluding hydrogens is 332 g/mol. The van der Waals surface area contributed by atoms with Crippen molar-refractivity contribution in [3.8, 4) is 11.5 Å². The molecule has 0 spiro atoms. The first-order chi connectivity index (χ1) is 12.7. The second-order valence-electron chi connectivity index (χ2n) is 6.59. The summed E-state index contributed by atoms with van der Waals surface area (Å²) in [6.45, 7) is 2.00. The Hall–Kier alpha value is -2.57. The van der Waals surface area contributed by atoms with Gasteiger partial charge in [0.05, 0.1) is 17.2 Å². The number of aliphatic hydroxyl groups is 1. The molecule has 26 heavy (non-hydrogen) atoms. The largest absolute Gasteiger partial charge is 0.486 e. The fourth-order valence-electron chi connectivity index (χ4n) is 3.68. The van der Waals surface area contributed by atoms with Crippen LogP contribution in [0.25, 0.3) is 0 Å². The number of ether oxygens (including phenoxy) is 2. The molecule has 0 unspecified atom stereocenters. The van der Waals surface area contributed by atoms with E-state index in [1.165, 1.54) is 0 Å². The molecule has 2 aliphatic heterocycles. The number of fused-ring (bicyclic) bond motifs is 1. The van der Waals surface area contributed by atoms with Gasteiger partial charge in [0.25, 0.3) is 5.91 Å². The number of carbonyl (C=O) groups excluding carboxylic acids is 1. The molecule has 1 saturated heterocycles. The van der Waals surface area contributed by atoms with E-state index in [1.807, 2.05) is 30.3 Å². The van der Waals surface area contributed by atoms with E-state index in [0.717, 1.165) is 5.56 Å². The Morgan fingerprint density at radius 1 is 1.12 bits per heavy atom. The number of carbonyl (C=O) groups is 1. The van der Waals surface area contributed by atoms with Crippen LogP contribution in [0.2, 0.25) is 0 Å². The summed E-state index contributed by atoms with van der Waals surface area (Å²) in [5.74, 6) is 0.753. The Labute approximate surface area is 152 Å². The normalized spacial score (nSPS) is 24.7. The molecule has 2 aromatic carbocycles. The van der Waals surface area contributed by atoms with Crippen LogP contribution in [0.5, 0.6) is 11.5 Å². The Kier molecular flexibility index (Phi) is 4.53. The van der Waals surface area contributed by atoms with Gasteiger partial charge in [0.2, 0.25) is 0 Å². The van der Waals surface area contributed by atoms with Gasteiger partial charge in [0.15, 0.2) is 11.5 Å². The van der Waals surface area contributed by atoms with Gasteiger partial charge in [0.1, 0.15) is 13.2 Å². The minimum Gasteiger partial charge on any atom is -0.486 e. The number of benzene rings is 2. The highest BCUT2D eigenvalue weighted by Gasteiger charge is 2.43. The molecule has 6 nitrogen and oxygen atoms in total. The zero-order valence-electron chi connectivity index (χ0n) is 14.4. The number of para-hydroxylation sites is 1. The van der Waals surface area contributed by atoms with Crippen LogP contribution < -0.4 is 20.1 Å². The zero-order chi connectivity index (χ0) is 18.0. The maximum Gasteiger partial charge on any atom is 0.255 e. The SMILES string of the molecule is O=C(N[C@@]1(c2ccccc2)CCNC[C@H]1O)c1cccc2c1OCCO2. The summed E-state index contributed by atoms with van der Waals surface area (Å²) in [5.41, 5.74) is 0.467. The van der Waals surface area contributed by atoms with Gasteiger partial charge in [-0.2, -0.15) is 0 Å². The molecule has 2 aliphatic rings. The smallest absolute Gasteiger partial charge is 0.255 e. The van der Waals surface area contributed by atoms with Crippen LogP contribution >= 0.6 is 0 Å². The van der Waals surface area contributed by atoms with Gasteiger partial charge < -0.3 is 25.2 Å². The van der Waals surface area contributed by atoms with E-state index in [1.54, 1.807) is 18.2 Å².